The Morgan fingerprint density at radius 2 is 2.30 bits per heavy atom. The summed E-state index contributed by atoms with van der Waals surface area (Å²) in [4.78, 5) is 19.3. The Kier molecular flexibility index (Phi) is 3.40. The number of aromatic amines is 1. The minimum absolute atomic E-state index is 0.270. The lowest BCUT2D eigenvalue weighted by Gasteiger charge is -2.04. The third-order valence-corrected chi connectivity index (χ3v) is 3.89. The van der Waals surface area contributed by atoms with Crippen molar-refractivity contribution in [3.8, 4) is 0 Å². The first kappa shape index (κ1) is 13.4. The van der Waals surface area contributed by atoms with Crippen molar-refractivity contribution in [2.75, 3.05) is 6.61 Å². The average Bonchev–Trinajstić information content (AvgIpc) is 2.78. The lowest BCUT2D eigenvalue weighted by atomic mass is 10.2. The van der Waals surface area contributed by atoms with Crippen LogP contribution in [-0.4, -0.2) is 22.5 Å². The fourth-order valence-electron chi connectivity index (χ4n) is 2.12. The quantitative estimate of drug-likeness (QED) is 0.699. The molecule has 0 unspecified atom stereocenters. The maximum atomic E-state index is 11.8. The van der Waals surface area contributed by atoms with Gasteiger partial charge in [0.2, 0.25) is 0 Å². The fourth-order valence-corrected chi connectivity index (χ4v) is 2.74. The van der Waals surface area contributed by atoms with Gasteiger partial charge < -0.3 is 9.72 Å². The fraction of sp³-hybridized carbons (Fsp3) is 0.143. The van der Waals surface area contributed by atoms with Crippen LogP contribution in [0.1, 0.15) is 17.3 Å². The molecule has 6 heteroatoms. The van der Waals surface area contributed by atoms with Gasteiger partial charge in [-0.2, -0.15) is 0 Å². The van der Waals surface area contributed by atoms with Gasteiger partial charge in [-0.25, -0.2) is 4.79 Å². The predicted octanol–water partition coefficient (Wildman–Crippen LogP) is 4.31. The van der Waals surface area contributed by atoms with E-state index in [9.17, 15) is 4.79 Å². The zero-order chi connectivity index (χ0) is 14.3. The van der Waals surface area contributed by atoms with Gasteiger partial charge >= 0.3 is 5.97 Å². The summed E-state index contributed by atoms with van der Waals surface area (Å²) in [6.07, 6.45) is 1.46. The number of hydrogen-bond acceptors (Lipinski definition) is 3. The molecule has 1 N–H and O–H groups in total. The minimum Gasteiger partial charge on any atom is -0.462 e. The van der Waals surface area contributed by atoms with Gasteiger partial charge in [0.1, 0.15) is 0 Å². The van der Waals surface area contributed by atoms with E-state index >= 15 is 0 Å². The predicted molar refractivity (Wildman–Crippen MR) is 82.3 cm³/mol. The number of rotatable bonds is 2. The highest BCUT2D eigenvalue weighted by atomic mass is 79.9. The van der Waals surface area contributed by atoms with Crippen molar-refractivity contribution in [1.82, 2.24) is 9.97 Å². The van der Waals surface area contributed by atoms with Crippen LogP contribution in [0.2, 0.25) is 5.02 Å². The maximum Gasteiger partial charge on any atom is 0.341 e. The maximum absolute atomic E-state index is 11.8. The largest absolute Gasteiger partial charge is 0.462 e. The number of fused-ring (bicyclic) bond motifs is 3. The summed E-state index contributed by atoms with van der Waals surface area (Å²) < 4.78 is 5.92. The van der Waals surface area contributed by atoms with Crippen molar-refractivity contribution in [2.45, 2.75) is 6.92 Å². The van der Waals surface area contributed by atoms with E-state index in [4.69, 9.17) is 16.3 Å². The topological polar surface area (TPSA) is 55.0 Å². The number of carbonyl (C=O) groups is 1. The van der Waals surface area contributed by atoms with E-state index in [0.29, 0.717) is 17.1 Å². The highest BCUT2D eigenvalue weighted by molar-refractivity contribution is 9.10. The molecule has 3 rings (SSSR count). The molecule has 4 nitrogen and oxygen atoms in total. The molecule has 0 saturated carbocycles. The van der Waals surface area contributed by atoms with Gasteiger partial charge in [0, 0.05) is 21.6 Å². The molecule has 2 heterocycles. The number of halogens is 2. The molecule has 2 aromatic heterocycles. The van der Waals surface area contributed by atoms with Crippen molar-refractivity contribution in [2.24, 2.45) is 0 Å². The molecule has 102 valence electrons. The molecule has 0 aliphatic rings. The summed E-state index contributed by atoms with van der Waals surface area (Å²) in [5.74, 6) is -0.466. The van der Waals surface area contributed by atoms with Gasteiger partial charge in [-0.3, -0.25) is 4.98 Å². The number of benzene rings is 1. The first-order valence-corrected chi connectivity index (χ1v) is 7.21. The van der Waals surface area contributed by atoms with E-state index < -0.39 is 5.97 Å². The molecule has 0 amide bonds. The van der Waals surface area contributed by atoms with Crippen LogP contribution in [0.25, 0.3) is 21.9 Å². The van der Waals surface area contributed by atoms with E-state index in [1.165, 1.54) is 6.20 Å². The summed E-state index contributed by atoms with van der Waals surface area (Å²) in [7, 11) is 0. The Morgan fingerprint density at radius 3 is 3.05 bits per heavy atom. The third-order valence-electron chi connectivity index (χ3n) is 3.01. The Labute approximate surface area is 128 Å². The molecule has 0 saturated heterocycles. The second-order valence-electron chi connectivity index (χ2n) is 4.24. The molecule has 20 heavy (non-hydrogen) atoms. The lowest BCUT2D eigenvalue weighted by molar-refractivity contribution is 0.0526. The van der Waals surface area contributed by atoms with Crippen LogP contribution in [-0.2, 0) is 4.74 Å². The lowest BCUT2D eigenvalue weighted by Crippen LogP contribution is -2.06. The molecule has 0 spiro atoms. The van der Waals surface area contributed by atoms with Gasteiger partial charge in [0.15, 0.2) is 0 Å². The van der Waals surface area contributed by atoms with Gasteiger partial charge in [-0.05, 0) is 25.1 Å². The second-order valence-corrected chi connectivity index (χ2v) is 5.54. The number of nitrogens with zero attached hydrogens (tertiary/aromatic N) is 1. The van der Waals surface area contributed by atoms with Gasteiger partial charge in [0.25, 0.3) is 0 Å². The van der Waals surface area contributed by atoms with Crippen molar-refractivity contribution >= 4 is 55.4 Å². The van der Waals surface area contributed by atoms with Crippen LogP contribution >= 0.6 is 27.5 Å². The first-order chi connectivity index (χ1) is 9.61. The normalized spacial score (nSPS) is 11.2. The van der Waals surface area contributed by atoms with Gasteiger partial charge in [-0.1, -0.05) is 27.5 Å². The Balaban J connectivity index is 2.27. The number of nitrogens with one attached hydrogen (secondary N) is 1. The number of hydrogen-bond donors (Lipinski definition) is 1. The molecule has 1 aromatic carbocycles. The van der Waals surface area contributed by atoms with E-state index in [1.807, 2.05) is 18.2 Å². The van der Waals surface area contributed by atoms with E-state index in [0.717, 1.165) is 20.9 Å². The summed E-state index contributed by atoms with van der Waals surface area (Å²) in [5, 5.41) is 1.29. The van der Waals surface area contributed by atoms with Crippen LogP contribution in [0.5, 0.6) is 0 Å². The average molecular weight is 354 g/mol. The highest BCUT2D eigenvalue weighted by Crippen LogP contribution is 2.32. The molecule has 0 bridgehead atoms. The monoisotopic (exact) mass is 352 g/mol. The molecule has 0 aliphatic heterocycles. The van der Waals surface area contributed by atoms with Crippen LogP contribution in [0.4, 0.5) is 0 Å². The van der Waals surface area contributed by atoms with Crippen molar-refractivity contribution < 1.29 is 9.53 Å². The number of ether oxygens (including phenoxy) is 1. The van der Waals surface area contributed by atoms with E-state index in [2.05, 4.69) is 25.9 Å². The number of carbonyl (C=O) groups excluding carboxylic acids is 1. The standard InChI is InChI=1S/C14H10BrClN2O2/c1-2-20-14(19)9-6-17-12-8-4-3-7(15)5-10(8)18-13(12)11(9)16/h3-6,18H,2H2,1H3. The Hall–Kier alpha value is -1.59. The molecular weight excluding hydrogens is 344 g/mol. The first-order valence-electron chi connectivity index (χ1n) is 6.04. The summed E-state index contributed by atoms with van der Waals surface area (Å²) in [6, 6.07) is 5.83. The van der Waals surface area contributed by atoms with Crippen LogP contribution in [0, 0.1) is 0 Å². The zero-order valence-corrected chi connectivity index (χ0v) is 12.9. The molecular formula is C14H10BrClN2O2. The van der Waals surface area contributed by atoms with Crippen LogP contribution in [0.15, 0.2) is 28.9 Å². The smallest absolute Gasteiger partial charge is 0.341 e. The number of H-pyrrole nitrogens is 1. The summed E-state index contributed by atoms with van der Waals surface area (Å²) >= 11 is 9.72. The second kappa shape index (κ2) is 5.07. The molecule has 0 aliphatic carbocycles. The number of pyridine rings is 1. The molecule has 0 fully saturated rings. The van der Waals surface area contributed by atoms with Crippen molar-refractivity contribution in [1.29, 1.82) is 0 Å². The van der Waals surface area contributed by atoms with E-state index in [1.54, 1.807) is 6.92 Å². The minimum atomic E-state index is -0.466. The van der Waals surface area contributed by atoms with Crippen molar-refractivity contribution in [3.63, 3.8) is 0 Å². The third kappa shape index (κ3) is 2.07. The highest BCUT2D eigenvalue weighted by Gasteiger charge is 2.17. The summed E-state index contributed by atoms with van der Waals surface area (Å²) in [6.45, 7) is 2.05. The number of esters is 1. The van der Waals surface area contributed by atoms with Gasteiger partial charge in [-0.15, -0.1) is 0 Å². The SMILES string of the molecule is CCOC(=O)c1cnc2c([nH]c3cc(Br)ccc32)c1Cl. The molecule has 0 radical (unpaired) electrons. The number of aromatic nitrogens is 2. The Morgan fingerprint density at radius 1 is 1.50 bits per heavy atom. The molecule has 3 aromatic rings. The van der Waals surface area contributed by atoms with Crippen LogP contribution < -0.4 is 0 Å². The Bertz CT molecular complexity index is 829. The van der Waals surface area contributed by atoms with Crippen LogP contribution in [0.3, 0.4) is 0 Å². The molecule has 0 atom stereocenters. The van der Waals surface area contributed by atoms with Gasteiger partial charge in [0.05, 0.1) is 28.2 Å². The van der Waals surface area contributed by atoms with Crippen molar-refractivity contribution in [3.05, 3.63) is 39.5 Å². The summed E-state index contributed by atoms with van der Waals surface area (Å²) in [5.41, 5.74) is 2.56. The zero-order valence-electron chi connectivity index (χ0n) is 10.5. The van der Waals surface area contributed by atoms with E-state index in [-0.39, 0.29) is 5.56 Å².